The van der Waals surface area contributed by atoms with Crippen LogP contribution in [0.1, 0.15) is 43.7 Å². The lowest BCUT2D eigenvalue weighted by Crippen LogP contribution is -2.68. The highest BCUT2D eigenvalue weighted by Crippen LogP contribution is 2.52. The van der Waals surface area contributed by atoms with Gasteiger partial charge in [0.15, 0.2) is 5.96 Å². The van der Waals surface area contributed by atoms with Gasteiger partial charge >= 0.3 is 0 Å². The Kier molecular flexibility index (Phi) is 5.36. The van der Waals surface area contributed by atoms with Gasteiger partial charge in [-0.1, -0.05) is 38.1 Å². The summed E-state index contributed by atoms with van der Waals surface area (Å²) in [6.07, 6.45) is 2.76. The Labute approximate surface area is 168 Å². The van der Waals surface area contributed by atoms with Gasteiger partial charge in [0.1, 0.15) is 0 Å². The first-order valence-electron chi connectivity index (χ1n) is 9.19. The molecule has 1 saturated heterocycles. The molecule has 0 bridgehead atoms. The molecule has 1 heterocycles. The zero-order chi connectivity index (χ0) is 16.9. The van der Waals surface area contributed by atoms with Crippen LogP contribution in [0.3, 0.4) is 0 Å². The molecule has 5 heteroatoms. The maximum Gasteiger partial charge on any atom is 0.191 e. The molecule has 1 aromatic rings. The van der Waals surface area contributed by atoms with E-state index in [2.05, 4.69) is 60.7 Å². The summed E-state index contributed by atoms with van der Waals surface area (Å²) in [5.41, 5.74) is 3.04. The van der Waals surface area contributed by atoms with Crippen molar-refractivity contribution in [2.45, 2.75) is 57.7 Å². The lowest BCUT2D eigenvalue weighted by molar-refractivity contribution is -0.106. The molecule has 1 aliphatic heterocycles. The van der Waals surface area contributed by atoms with Gasteiger partial charge in [-0.05, 0) is 30.9 Å². The molecule has 5 atom stereocenters. The maximum absolute atomic E-state index is 5.89. The summed E-state index contributed by atoms with van der Waals surface area (Å²) in [7, 11) is 1.87. The van der Waals surface area contributed by atoms with Gasteiger partial charge < -0.3 is 15.4 Å². The second-order valence-corrected chi connectivity index (χ2v) is 8.21. The third kappa shape index (κ3) is 3.29. The predicted molar refractivity (Wildman–Crippen MR) is 113 cm³/mol. The van der Waals surface area contributed by atoms with E-state index in [1.165, 1.54) is 17.5 Å². The molecule has 2 aliphatic carbocycles. The number of rotatable bonds is 3. The fourth-order valence-corrected chi connectivity index (χ4v) is 4.81. The Morgan fingerprint density at radius 1 is 1.24 bits per heavy atom. The number of hydrogen-bond donors (Lipinski definition) is 2. The number of halogens is 1. The van der Waals surface area contributed by atoms with Crippen molar-refractivity contribution in [2.24, 2.45) is 16.3 Å². The van der Waals surface area contributed by atoms with Crippen LogP contribution >= 0.6 is 24.0 Å². The van der Waals surface area contributed by atoms with E-state index in [1.807, 2.05) is 7.05 Å². The fourth-order valence-electron chi connectivity index (χ4n) is 4.81. The molecule has 3 fully saturated rings. The maximum atomic E-state index is 5.89. The van der Waals surface area contributed by atoms with E-state index >= 15 is 0 Å². The van der Waals surface area contributed by atoms with Crippen molar-refractivity contribution in [2.75, 3.05) is 13.7 Å². The number of benzene rings is 1. The minimum absolute atomic E-state index is 0. The Balaban J connectivity index is 0.00000182. The van der Waals surface area contributed by atoms with Gasteiger partial charge in [0, 0.05) is 43.0 Å². The zero-order valence-corrected chi connectivity index (χ0v) is 17.9. The molecule has 4 nitrogen and oxygen atoms in total. The number of guanidine groups is 1. The van der Waals surface area contributed by atoms with Crippen LogP contribution in [-0.2, 0) is 4.74 Å². The van der Waals surface area contributed by atoms with Crippen LogP contribution < -0.4 is 10.6 Å². The van der Waals surface area contributed by atoms with E-state index in [4.69, 9.17) is 4.74 Å². The molecule has 25 heavy (non-hydrogen) atoms. The summed E-state index contributed by atoms with van der Waals surface area (Å²) in [4.78, 5) is 4.47. The van der Waals surface area contributed by atoms with Gasteiger partial charge in [-0.25, -0.2) is 0 Å². The molecule has 4 rings (SSSR count). The predicted octanol–water partition coefficient (Wildman–Crippen LogP) is 3.45. The second-order valence-electron chi connectivity index (χ2n) is 8.21. The van der Waals surface area contributed by atoms with Crippen LogP contribution in [0.15, 0.2) is 29.3 Å². The number of aryl methyl sites for hydroxylation is 1. The van der Waals surface area contributed by atoms with Crippen molar-refractivity contribution in [1.29, 1.82) is 0 Å². The van der Waals surface area contributed by atoms with E-state index in [0.717, 1.165) is 19.0 Å². The van der Waals surface area contributed by atoms with Crippen molar-refractivity contribution in [3.8, 4) is 0 Å². The number of nitrogens with zero attached hydrogens (tertiary/aromatic N) is 1. The summed E-state index contributed by atoms with van der Waals surface area (Å²) >= 11 is 0. The molecule has 3 aliphatic rings. The lowest BCUT2D eigenvalue weighted by atomic mass is 9.57. The highest BCUT2D eigenvalue weighted by molar-refractivity contribution is 14.0. The summed E-state index contributed by atoms with van der Waals surface area (Å²) in [6, 6.07) is 9.66. The van der Waals surface area contributed by atoms with Gasteiger partial charge in [0.25, 0.3) is 0 Å². The van der Waals surface area contributed by atoms with Gasteiger partial charge in [-0.15, -0.1) is 24.0 Å². The average Bonchev–Trinajstić information content (AvgIpc) is 3.16. The number of fused-ring (bicyclic) bond motifs is 1. The van der Waals surface area contributed by atoms with Crippen LogP contribution in [0, 0.1) is 18.3 Å². The Morgan fingerprint density at radius 3 is 2.72 bits per heavy atom. The largest absolute Gasteiger partial charge is 0.377 e. The third-order valence-corrected chi connectivity index (χ3v) is 6.32. The van der Waals surface area contributed by atoms with Gasteiger partial charge in [0.05, 0.1) is 6.10 Å². The van der Waals surface area contributed by atoms with Crippen molar-refractivity contribution < 1.29 is 4.74 Å². The van der Waals surface area contributed by atoms with Gasteiger partial charge in [0.2, 0.25) is 0 Å². The first-order valence-corrected chi connectivity index (χ1v) is 9.19. The first kappa shape index (κ1) is 19.0. The molecule has 0 spiro atoms. The molecular formula is C20H30IN3O. The Bertz CT molecular complexity index is 660. The molecule has 0 radical (unpaired) electrons. The Hall–Kier alpha value is -0.820. The molecule has 0 aromatic heterocycles. The molecule has 0 amide bonds. The minimum atomic E-state index is 0. The van der Waals surface area contributed by atoms with E-state index in [0.29, 0.717) is 30.0 Å². The van der Waals surface area contributed by atoms with Crippen LogP contribution in [0.25, 0.3) is 0 Å². The molecular weight excluding hydrogens is 425 g/mol. The number of nitrogens with one attached hydrogen (secondary N) is 2. The van der Waals surface area contributed by atoms with E-state index in [9.17, 15) is 0 Å². The zero-order valence-electron chi connectivity index (χ0n) is 15.6. The van der Waals surface area contributed by atoms with Crippen molar-refractivity contribution >= 4 is 29.9 Å². The van der Waals surface area contributed by atoms with Gasteiger partial charge in [-0.3, -0.25) is 4.99 Å². The smallest absolute Gasteiger partial charge is 0.191 e. The van der Waals surface area contributed by atoms with Gasteiger partial charge in [-0.2, -0.15) is 0 Å². The average molecular weight is 455 g/mol. The molecule has 2 N–H and O–H groups in total. The normalized spacial score (nSPS) is 35.2. The Morgan fingerprint density at radius 2 is 2.00 bits per heavy atom. The molecule has 1 aromatic carbocycles. The number of ether oxygens (including phenoxy) is 1. The minimum Gasteiger partial charge on any atom is -0.377 e. The lowest BCUT2D eigenvalue weighted by Gasteiger charge is -2.54. The van der Waals surface area contributed by atoms with Crippen molar-refractivity contribution in [3.63, 3.8) is 0 Å². The first-order chi connectivity index (χ1) is 11.5. The van der Waals surface area contributed by atoms with Crippen LogP contribution in [0.2, 0.25) is 0 Å². The highest BCUT2D eigenvalue weighted by Gasteiger charge is 2.59. The van der Waals surface area contributed by atoms with E-state index in [1.54, 1.807) is 0 Å². The topological polar surface area (TPSA) is 45.7 Å². The summed E-state index contributed by atoms with van der Waals surface area (Å²) < 4.78 is 5.89. The summed E-state index contributed by atoms with van der Waals surface area (Å²) in [5.74, 6) is 2.19. The fraction of sp³-hybridized carbons (Fsp3) is 0.650. The molecule has 2 saturated carbocycles. The van der Waals surface area contributed by atoms with E-state index < -0.39 is 0 Å². The number of hydrogen-bond acceptors (Lipinski definition) is 2. The van der Waals surface area contributed by atoms with Crippen LogP contribution in [0.5, 0.6) is 0 Å². The number of aliphatic imine (C=N–C) groups is 1. The van der Waals surface area contributed by atoms with E-state index in [-0.39, 0.29) is 29.4 Å². The molecule has 138 valence electrons. The quantitative estimate of drug-likeness (QED) is 0.417. The summed E-state index contributed by atoms with van der Waals surface area (Å²) in [6.45, 7) is 7.71. The standard InChI is InChI=1S/C20H29N3O.HI/c1-12-7-5-6-8-13(12)15-11-16(15)22-19(21-4)23-17-14-9-10-24-18(14)20(17,2)3;/h5-8,14-18H,9-11H2,1-4H3,(H2,21,22,23);1H. The van der Waals surface area contributed by atoms with Crippen molar-refractivity contribution in [3.05, 3.63) is 35.4 Å². The summed E-state index contributed by atoms with van der Waals surface area (Å²) in [5, 5.41) is 7.31. The van der Waals surface area contributed by atoms with Crippen LogP contribution in [0.4, 0.5) is 0 Å². The monoisotopic (exact) mass is 455 g/mol. The second kappa shape index (κ2) is 7.06. The van der Waals surface area contributed by atoms with Crippen LogP contribution in [-0.4, -0.2) is 37.8 Å². The SMILES string of the molecule is CN=C(NC1CC1c1ccccc1C)NC1C2CCOC2C1(C)C.I. The van der Waals surface area contributed by atoms with Crippen molar-refractivity contribution in [1.82, 2.24) is 10.6 Å². The third-order valence-electron chi connectivity index (χ3n) is 6.32. The highest BCUT2D eigenvalue weighted by atomic mass is 127. The molecule has 5 unspecified atom stereocenters.